The minimum Gasteiger partial charge on any atom is -0.480 e. The van der Waals surface area contributed by atoms with Gasteiger partial charge >= 0.3 is 5.97 Å². The van der Waals surface area contributed by atoms with E-state index in [-0.39, 0.29) is 11.2 Å². The van der Waals surface area contributed by atoms with Crippen molar-refractivity contribution in [2.24, 2.45) is 5.92 Å². The molecule has 0 radical (unpaired) electrons. The van der Waals surface area contributed by atoms with E-state index in [1.807, 2.05) is 0 Å². The summed E-state index contributed by atoms with van der Waals surface area (Å²) in [6, 6.07) is 0. The molecule has 1 heterocycles. The van der Waals surface area contributed by atoms with Crippen molar-refractivity contribution in [3.63, 3.8) is 0 Å². The summed E-state index contributed by atoms with van der Waals surface area (Å²) in [7, 11) is -3.33. The lowest BCUT2D eigenvalue weighted by molar-refractivity contribution is -0.137. The van der Waals surface area contributed by atoms with Crippen LogP contribution in [0.25, 0.3) is 0 Å². The maximum absolute atomic E-state index is 11.4. The average Bonchev–Trinajstić information content (AvgIpc) is 2.41. The molecule has 1 N–H and O–H groups in total. The lowest BCUT2D eigenvalue weighted by Gasteiger charge is -2.17. The molecule has 1 aliphatic heterocycles. The Balaban J connectivity index is 2.42. The molecule has 1 aliphatic carbocycles. The Bertz CT molecular complexity index is 318. The Morgan fingerprint density at radius 2 is 2.00 bits per heavy atom. The standard InChI is InChI=1S/C7H10O4S/c8-7(9)6-4-1-2-5(3-4)12(6,10)11/h4-6H,1-3H2,(H,8,9). The molecule has 2 bridgehead atoms. The van der Waals surface area contributed by atoms with Gasteiger partial charge in [-0.05, 0) is 25.2 Å². The summed E-state index contributed by atoms with van der Waals surface area (Å²) in [5, 5.41) is 7.23. The van der Waals surface area contributed by atoms with Crippen LogP contribution in [0, 0.1) is 5.92 Å². The zero-order valence-corrected chi connectivity index (χ0v) is 7.25. The SMILES string of the molecule is O=C(O)C1C2CCC(C2)S1(=O)=O. The van der Waals surface area contributed by atoms with Crippen molar-refractivity contribution in [3.8, 4) is 0 Å². The van der Waals surface area contributed by atoms with Crippen molar-refractivity contribution in [1.82, 2.24) is 0 Å². The van der Waals surface area contributed by atoms with Gasteiger partial charge in [0.25, 0.3) is 0 Å². The third-order valence-corrected chi connectivity index (χ3v) is 5.57. The molecule has 0 spiro atoms. The number of aliphatic carboxylic acids is 1. The van der Waals surface area contributed by atoms with E-state index in [0.29, 0.717) is 12.8 Å². The lowest BCUT2D eigenvalue weighted by Crippen LogP contribution is -2.36. The molecular formula is C7H10O4S. The van der Waals surface area contributed by atoms with Crippen molar-refractivity contribution in [1.29, 1.82) is 0 Å². The summed E-state index contributed by atoms with van der Waals surface area (Å²) in [4.78, 5) is 10.6. The third-order valence-electron chi connectivity index (χ3n) is 2.92. The highest BCUT2D eigenvalue weighted by atomic mass is 32.2. The molecule has 5 heteroatoms. The predicted molar refractivity (Wildman–Crippen MR) is 41.5 cm³/mol. The monoisotopic (exact) mass is 190 g/mol. The van der Waals surface area contributed by atoms with Crippen molar-refractivity contribution in [3.05, 3.63) is 0 Å². The Hall–Kier alpha value is -0.580. The lowest BCUT2D eigenvalue weighted by atomic mass is 10.0. The van der Waals surface area contributed by atoms with E-state index in [9.17, 15) is 13.2 Å². The molecule has 1 saturated carbocycles. The van der Waals surface area contributed by atoms with Gasteiger partial charge in [-0.15, -0.1) is 0 Å². The number of hydrogen-bond acceptors (Lipinski definition) is 3. The second kappa shape index (κ2) is 2.22. The smallest absolute Gasteiger partial charge is 0.322 e. The summed E-state index contributed by atoms with van der Waals surface area (Å²) < 4.78 is 22.8. The van der Waals surface area contributed by atoms with Crippen LogP contribution in [-0.2, 0) is 14.6 Å². The van der Waals surface area contributed by atoms with Crippen LogP contribution in [0.4, 0.5) is 0 Å². The highest BCUT2D eigenvalue weighted by Crippen LogP contribution is 2.44. The first-order chi connectivity index (χ1) is 5.53. The topological polar surface area (TPSA) is 71.4 Å². The average molecular weight is 190 g/mol. The summed E-state index contributed by atoms with van der Waals surface area (Å²) in [6.07, 6.45) is 2.00. The van der Waals surface area contributed by atoms with Crippen LogP contribution in [0.3, 0.4) is 0 Å². The van der Waals surface area contributed by atoms with E-state index in [1.54, 1.807) is 0 Å². The fourth-order valence-electron chi connectivity index (χ4n) is 2.36. The zero-order valence-electron chi connectivity index (χ0n) is 6.43. The van der Waals surface area contributed by atoms with Crippen LogP contribution in [-0.4, -0.2) is 30.0 Å². The number of carboxylic acids is 1. The van der Waals surface area contributed by atoms with Gasteiger partial charge in [0.2, 0.25) is 0 Å². The first-order valence-corrected chi connectivity index (χ1v) is 5.60. The van der Waals surface area contributed by atoms with Crippen molar-refractivity contribution >= 4 is 15.8 Å². The second-order valence-corrected chi connectivity index (χ2v) is 5.90. The van der Waals surface area contributed by atoms with E-state index in [4.69, 9.17) is 5.11 Å². The van der Waals surface area contributed by atoms with Gasteiger partial charge in [-0.3, -0.25) is 4.79 Å². The Kier molecular flexibility index (Phi) is 1.49. The molecule has 12 heavy (non-hydrogen) atoms. The Labute approximate surface area is 70.5 Å². The number of sulfone groups is 1. The zero-order chi connectivity index (χ0) is 8.93. The molecule has 0 amide bonds. The van der Waals surface area contributed by atoms with Gasteiger partial charge in [0, 0.05) is 0 Å². The first-order valence-electron chi connectivity index (χ1n) is 3.99. The van der Waals surface area contributed by atoms with Gasteiger partial charge < -0.3 is 5.11 Å². The van der Waals surface area contributed by atoms with E-state index in [2.05, 4.69) is 0 Å². The summed E-state index contributed by atoms with van der Waals surface area (Å²) >= 11 is 0. The van der Waals surface area contributed by atoms with Crippen molar-refractivity contribution in [2.75, 3.05) is 0 Å². The van der Waals surface area contributed by atoms with Gasteiger partial charge in [-0.2, -0.15) is 0 Å². The van der Waals surface area contributed by atoms with E-state index in [0.717, 1.165) is 6.42 Å². The van der Waals surface area contributed by atoms with Crippen molar-refractivity contribution in [2.45, 2.75) is 29.8 Å². The van der Waals surface area contributed by atoms with E-state index in [1.165, 1.54) is 0 Å². The van der Waals surface area contributed by atoms with Gasteiger partial charge in [0.05, 0.1) is 5.25 Å². The molecular weight excluding hydrogens is 180 g/mol. The molecule has 0 aromatic carbocycles. The number of fused-ring (bicyclic) bond motifs is 2. The molecule has 2 aliphatic rings. The van der Waals surface area contributed by atoms with Crippen LogP contribution in [0.1, 0.15) is 19.3 Å². The van der Waals surface area contributed by atoms with E-state index < -0.39 is 21.1 Å². The van der Waals surface area contributed by atoms with Gasteiger partial charge in [0.15, 0.2) is 15.1 Å². The minimum absolute atomic E-state index is 0.113. The maximum Gasteiger partial charge on any atom is 0.322 e. The normalized spacial score (nSPS) is 43.2. The molecule has 4 nitrogen and oxygen atoms in total. The van der Waals surface area contributed by atoms with Crippen LogP contribution in [0.2, 0.25) is 0 Å². The Morgan fingerprint density at radius 1 is 1.33 bits per heavy atom. The van der Waals surface area contributed by atoms with Gasteiger partial charge in [0.1, 0.15) is 0 Å². The molecule has 2 rings (SSSR count). The molecule has 0 aromatic rings. The number of carboxylic acid groups (broad SMARTS) is 1. The molecule has 1 saturated heterocycles. The Morgan fingerprint density at radius 3 is 2.33 bits per heavy atom. The fourth-order valence-corrected chi connectivity index (χ4v) is 4.82. The highest BCUT2D eigenvalue weighted by Gasteiger charge is 2.55. The molecule has 0 aromatic heterocycles. The van der Waals surface area contributed by atoms with Gasteiger partial charge in [-0.1, -0.05) is 0 Å². The second-order valence-electron chi connectivity index (χ2n) is 3.54. The molecule has 3 atom stereocenters. The molecule has 3 unspecified atom stereocenters. The minimum atomic E-state index is -3.33. The van der Waals surface area contributed by atoms with Crippen LogP contribution < -0.4 is 0 Å². The number of hydrogen-bond donors (Lipinski definition) is 1. The molecule has 2 fully saturated rings. The third kappa shape index (κ3) is 0.827. The van der Waals surface area contributed by atoms with Crippen LogP contribution >= 0.6 is 0 Å². The maximum atomic E-state index is 11.4. The first kappa shape index (κ1) is 8.04. The van der Waals surface area contributed by atoms with Crippen molar-refractivity contribution < 1.29 is 18.3 Å². The van der Waals surface area contributed by atoms with Crippen LogP contribution in [0.15, 0.2) is 0 Å². The van der Waals surface area contributed by atoms with Gasteiger partial charge in [-0.25, -0.2) is 8.42 Å². The summed E-state index contributed by atoms with van der Waals surface area (Å²) in [5.41, 5.74) is 0. The number of rotatable bonds is 1. The highest BCUT2D eigenvalue weighted by molar-refractivity contribution is 7.93. The fraction of sp³-hybridized carbons (Fsp3) is 0.857. The molecule has 68 valence electrons. The quantitative estimate of drug-likeness (QED) is 0.633. The van der Waals surface area contributed by atoms with E-state index >= 15 is 0 Å². The summed E-state index contributed by atoms with van der Waals surface area (Å²) in [6.45, 7) is 0. The largest absolute Gasteiger partial charge is 0.480 e. The predicted octanol–water partition coefficient (Wildman–Crippen LogP) is 0.0367. The number of carbonyl (C=O) groups is 1. The summed E-state index contributed by atoms with van der Waals surface area (Å²) in [5.74, 6) is -1.28. The van der Waals surface area contributed by atoms with Crippen LogP contribution in [0.5, 0.6) is 0 Å².